The Morgan fingerprint density at radius 3 is 2.79 bits per heavy atom. The van der Waals surface area contributed by atoms with E-state index in [0.29, 0.717) is 11.8 Å². The highest BCUT2D eigenvalue weighted by Gasteiger charge is 2.29. The van der Waals surface area contributed by atoms with Crippen LogP contribution in [0.2, 0.25) is 5.02 Å². The molecule has 0 saturated carbocycles. The summed E-state index contributed by atoms with van der Waals surface area (Å²) in [6.45, 7) is 11.6. The van der Waals surface area contributed by atoms with Crippen molar-refractivity contribution < 1.29 is 0 Å². The summed E-state index contributed by atoms with van der Waals surface area (Å²) in [5.74, 6) is 2.89. The van der Waals surface area contributed by atoms with E-state index in [0.717, 1.165) is 54.8 Å². The van der Waals surface area contributed by atoms with Gasteiger partial charge in [0.1, 0.15) is 5.82 Å². The highest BCUT2D eigenvalue weighted by atomic mass is 35.5. The summed E-state index contributed by atoms with van der Waals surface area (Å²) >= 11 is 6.76. The standard InChI is InChI=1S/C23H29ClN4/c1-5-15(3)11-27-12-17(6-2)16(4)19-10-20(24)23(26-22(19)27)28-13-18-8-7-9-25-21(18)14-28/h7-10,12,15-16H,5-6,11,13-14H2,1-4H3. The molecule has 0 fully saturated rings. The molecule has 2 aliphatic heterocycles. The number of halogens is 1. The Balaban J connectivity index is 1.73. The van der Waals surface area contributed by atoms with Gasteiger partial charge in [0.15, 0.2) is 5.82 Å². The second-order valence-corrected chi connectivity index (χ2v) is 8.52. The molecule has 5 heteroatoms. The van der Waals surface area contributed by atoms with Gasteiger partial charge in [-0.15, -0.1) is 0 Å². The van der Waals surface area contributed by atoms with Gasteiger partial charge in [-0.05, 0) is 35.6 Å². The lowest BCUT2D eigenvalue weighted by molar-refractivity contribution is 0.558. The molecule has 148 valence electrons. The normalized spacial score (nSPS) is 19.3. The zero-order chi connectivity index (χ0) is 19.8. The first-order chi connectivity index (χ1) is 13.5. The summed E-state index contributed by atoms with van der Waals surface area (Å²) in [4.78, 5) is 14.2. The fraction of sp³-hybridized carbons (Fsp3) is 0.478. The highest BCUT2D eigenvalue weighted by molar-refractivity contribution is 6.33. The molecule has 2 atom stereocenters. The molecule has 0 bridgehead atoms. The molecule has 0 aromatic carbocycles. The van der Waals surface area contributed by atoms with Crippen LogP contribution in [0, 0.1) is 5.92 Å². The molecule has 0 amide bonds. The molecule has 4 rings (SSSR count). The molecule has 2 aromatic heterocycles. The van der Waals surface area contributed by atoms with Crippen LogP contribution in [-0.2, 0) is 13.1 Å². The van der Waals surface area contributed by atoms with Crippen molar-refractivity contribution in [1.29, 1.82) is 0 Å². The van der Waals surface area contributed by atoms with E-state index >= 15 is 0 Å². The molecule has 4 heterocycles. The van der Waals surface area contributed by atoms with Crippen LogP contribution in [-0.4, -0.2) is 16.5 Å². The number of anilines is 2. The summed E-state index contributed by atoms with van der Waals surface area (Å²) < 4.78 is 0. The Bertz CT molecular complexity index is 882. The first-order valence-electron chi connectivity index (χ1n) is 10.4. The Kier molecular flexibility index (Phi) is 5.33. The topological polar surface area (TPSA) is 32.3 Å². The van der Waals surface area contributed by atoms with Gasteiger partial charge in [0.2, 0.25) is 0 Å². The minimum Gasteiger partial charge on any atom is -0.345 e. The predicted octanol–water partition coefficient (Wildman–Crippen LogP) is 5.91. The number of hydrogen-bond donors (Lipinski definition) is 0. The highest BCUT2D eigenvalue weighted by Crippen LogP contribution is 2.42. The van der Waals surface area contributed by atoms with Gasteiger partial charge in [0.05, 0.1) is 17.3 Å². The molecule has 0 radical (unpaired) electrons. The van der Waals surface area contributed by atoms with Crippen molar-refractivity contribution in [1.82, 2.24) is 9.97 Å². The number of allylic oxidation sites excluding steroid dienone is 1. The van der Waals surface area contributed by atoms with E-state index in [1.807, 2.05) is 12.3 Å². The van der Waals surface area contributed by atoms with E-state index in [2.05, 4.69) is 60.8 Å². The fourth-order valence-corrected chi connectivity index (χ4v) is 4.46. The molecule has 28 heavy (non-hydrogen) atoms. The zero-order valence-corrected chi connectivity index (χ0v) is 18.0. The Hall–Kier alpha value is -2.07. The Labute approximate surface area is 173 Å². The van der Waals surface area contributed by atoms with Crippen molar-refractivity contribution in [3.05, 3.63) is 58.0 Å². The second kappa shape index (κ2) is 7.75. The molecule has 2 aliphatic rings. The van der Waals surface area contributed by atoms with Crippen molar-refractivity contribution in [2.45, 2.75) is 59.5 Å². The van der Waals surface area contributed by atoms with Crippen LogP contribution >= 0.6 is 11.6 Å². The molecule has 0 spiro atoms. The van der Waals surface area contributed by atoms with Crippen molar-refractivity contribution in [3.63, 3.8) is 0 Å². The average molecular weight is 397 g/mol. The van der Waals surface area contributed by atoms with Crippen LogP contribution in [0.1, 0.15) is 63.3 Å². The van der Waals surface area contributed by atoms with Gasteiger partial charge < -0.3 is 9.80 Å². The summed E-state index contributed by atoms with van der Waals surface area (Å²) in [7, 11) is 0. The quantitative estimate of drug-likeness (QED) is 0.628. The molecule has 0 N–H and O–H groups in total. The molecular weight excluding hydrogens is 368 g/mol. The van der Waals surface area contributed by atoms with Crippen LogP contribution < -0.4 is 9.80 Å². The summed E-state index contributed by atoms with van der Waals surface area (Å²) in [5, 5.41) is 0.735. The van der Waals surface area contributed by atoms with Gasteiger partial charge in [-0.1, -0.05) is 51.8 Å². The SMILES string of the molecule is CCC1=CN(CC(C)CC)c2nc(N3Cc4cccnc4C3)c(Cl)cc2C1C. The van der Waals surface area contributed by atoms with Crippen molar-refractivity contribution in [2.75, 3.05) is 16.3 Å². The maximum atomic E-state index is 6.76. The lowest BCUT2D eigenvalue weighted by Gasteiger charge is -2.34. The van der Waals surface area contributed by atoms with E-state index in [9.17, 15) is 0 Å². The average Bonchev–Trinajstić information content (AvgIpc) is 3.13. The Morgan fingerprint density at radius 1 is 1.25 bits per heavy atom. The van der Waals surface area contributed by atoms with Crippen molar-refractivity contribution in [2.24, 2.45) is 5.92 Å². The number of nitrogens with zero attached hydrogens (tertiary/aromatic N) is 4. The summed E-state index contributed by atoms with van der Waals surface area (Å²) in [6, 6.07) is 6.28. The fourth-order valence-electron chi connectivity index (χ4n) is 4.18. The number of aromatic nitrogens is 2. The van der Waals surface area contributed by atoms with Gasteiger partial charge in [0.25, 0.3) is 0 Å². The number of pyridine rings is 2. The van der Waals surface area contributed by atoms with Crippen LogP contribution in [0.25, 0.3) is 0 Å². The van der Waals surface area contributed by atoms with Crippen LogP contribution in [0.5, 0.6) is 0 Å². The lowest BCUT2D eigenvalue weighted by atomic mass is 9.89. The molecule has 4 nitrogen and oxygen atoms in total. The summed E-state index contributed by atoms with van der Waals surface area (Å²) in [5.41, 5.74) is 5.07. The summed E-state index contributed by atoms with van der Waals surface area (Å²) in [6.07, 6.45) is 6.38. The first kappa shape index (κ1) is 19.3. The number of rotatable bonds is 5. The monoisotopic (exact) mass is 396 g/mol. The predicted molar refractivity (Wildman–Crippen MR) is 117 cm³/mol. The largest absolute Gasteiger partial charge is 0.345 e. The third-order valence-electron chi connectivity index (χ3n) is 6.18. The number of hydrogen-bond acceptors (Lipinski definition) is 4. The maximum absolute atomic E-state index is 6.76. The molecule has 2 aromatic rings. The van der Waals surface area contributed by atoms with Gasteiger partial charge >= 0.3 is 0 Å². The third-order valence-corrected chi connectivity index (χ3v) is 6.46. The Morgan fingerprint density at radius 2 is 2.07 bits per heavy atom. The maximum Gasteiger partial charge on any atom is 0.150 e. The van der Waals surface area contributed by atoms with Crippen LogP contribution in [0.15, 0.2) is 36.2 Å². The van der Waals surface area contributed by atoms with E-state index in [1.54, 1.807) is 0 Å². The number of fused-ring (bicyclic) bond motifs is 2. The molecule has 2 unspecified atom stereocenters. The van der Waals surface area contributed by atoms with Gasteiger partial charge in [-0.2, -0.15) is 0 Å². The van der Waals surface area contributed by atoms with Crippen LogP contribution in [0.4, 0.5) is 11.6 Å². The lowest BCUT2D eigenvalue weighted by Crippen LogP contribution is -2.30. The van der Waals surface area contributed by atoms with E-state index < -0.39 is 0 Å². The zero-order valence-electron chi connectivity index (χ0n) is 17.2. The molecule has 0 saturated heterocycles. The second-order valence-electron chi connectivity index (χ2n) is 8.12. The molecule has 0 aliphatic carbocycles. The third kappa shape index (κ3) is 3.39. The van der Waals surface area contributed by atoms with E-state index in [-0.39, 0.29) is 0 Å². The van der Waals surface area contributed by atoms with E-state index in [1.165, 1.54) is 16.7 Å². The van der Waals surface area contributed by atoms with Crippen LogP contribution in [0.3, 0.4) is 0 Å². The van der Waals surface area contributed by atoms with Gasteiger partial charge in [-0.25, -0.2) is 4.98 Å². The van der Waals surface area contributed by atoms with Gasteiger partial charge in [-0.3, -0.25) is 4.98 Å². The van der Waals surface area contributed by atoms with Crippen molar-refractivity contribution in [3.8, 4) is 0 Å². The smallest absolute Gasteiger partial charge is 0.150 e. The molecular formula is C23H29ClN4. The first-order valence-corrected chi connectivity index (χ1v) is 10.7. The minimum absolute atomic E-state index is 0.352. The van der Waals surface area contributed by atoms with Crippen molar-refractivity contribution >= 4 is 23.2 Å². The van der Waals surface area contributed by atoms with E-state index in [4.69, 9.17) is 16.6 Å². The minimum atomic E-state index is 0.352. The van der Waals surface area contributed by atoms with Gasteiger partial charge in [0, 0.05) is 37.0 Å².